The number of aryl methyl sites for hydroxylation is 1. The van der Waals surface area contributed by atoms with E-state index in [0.29, 0.717) is 34.1 Å². The van der Waals surface area contributed by atoms with Crippen LogP contribution in [0.1, 0.15) is 28.9 Å². The number of piperazine rings is 1. The summed E-state index contributed by atoms with van der Waals surface area (Å²) in [4.78, 5) is 24.2. The average Bonchev–Trinajstić information content (AvgIpc) is 3.53. The van der Waals surface area contributed by atoms with Crippen LogP contribution in [0.3, 0.4) is 0 Å². The fourth-order valence-electron chi connectivity index (χ4n) is 4.83. The van der Waals surface area contributed by atoms with Crippen molar-refractivity contribution in [2.24, 2.45) is 0 Å². The van der Waals surface area contributed by atoms with E-state index in [1.807, 2.05) is 34.7 Å². The van der Waals surface area contributed by atoms with Gasteiger partial charge >= 0.3 is 0 Å². The zero-order valence-electron chi connectivity index (χ0n) is 18.0. The summed E-state index contributed by atoms with van der Waals surface area (Å²) in [6.07, 6.45) is 9.56. The molecule has 0 radical (unpaired) electrons. The Morgan fingerprint density at radius 3 is 2.76 bits per heavy atom. The van der Waals surface area contributed by atoms with Crippen LogP contribution in [0.25, 0.3) is 16.9 Å². The minimum atomic E-state index is -0.0148. The van der Waals surface area contributed by atoms with Gasteiger partial charge in [-0.1, -0.05) is 11.6 Å². The number of aromatic nitrogens is 5. The van der Waals surface area contributed by atoms with Gasteiger partial charge in [0.05, 0.1) is 34.4 Å². The topological polar surface area (TPSA) is 103 Å². The molecule has 2 bridgehead atoms. The third-order valence-electron chi connectivity index (χ3n) is 6.37. The van der Waals surface area contributed by atoms with E-state index in [1.165, 1.54) is 0 Å². The number of halogens is 1. The third kappa shape index (κ3) is 3.63. The van der Waals surface area contributed by atoms with Gasteiger partial charge in [0.25, 0.3) is 5.91 Å². The van der Waals surface area contributed by atoms with Gasteiger partial charge in [-0.05, 0) is 38.0 Å². The molecule has 0 saturated carbocycles. The van der Waals surface area contributed by atoms with Gasteiger partial charge < -0.3 is 15.5 Å². The fourth-order valence-corrected chi connectivity index (χ4v) is 5.09. The molecule has 0 spiro atoms. The molecule has 2 fully saturated rings. The van der Waals surface area contributed by atoms with Crippen LogP contribution >= 0.6 is 11.6 Å². The van der Waals surface area contributed by atoms with E-state index in [-0.39, 0.29) is 5.91 Å². The number of benzene rings is 1. The lowest BCUT2D eigenvalue weighted by molar-refractivity contribution is 0.0697. The minimum Gasteiger partial charge on any atom is -0.337 e. The first-order valence-electron chi connectivity index (χ1n) is 11.0. The second-order valence-corrected chi connectivity index (χ2v) is 9.13. The molecule has 3 aromatic heterocycles. The molecule has 4 aromatic rings. The molecule has 3 N–H and O–H groups in total. The zero-order valence-corrected chi connectivity index (χ0v) is 18.8. The highest BCUT2D eigenvalue weighted by Crippen LogP contribution is 2.29. The number of amides is 1. The van der Waals surface area contributed by atoms with Gasteiger partial charge in [0, 0.05) is 48.8 Å². The van der Waals surface area contributed by atoms with E-state index in [2.05, 4.69) is 30.8 Å². The number of likely N-dealkylation sites (tertiary alicyclic amines) is 1. The van der Waals surface area contributed by atoms with Gasteiger partial charge in [0.2, 0.25) is 0 Å². The number of fused-ring (bicyclic) bond motifs is 3. The number of nitrogens with one attached hydrogen (secondary N) is 3. The summed E-state index contributed by atoms with van der Waals surface area (Å²) in [5.74, 6) is 0.595. The maximum Gasteiger partial charge on any atom is 0.255 e. The molecule has 6 rings (SSSR count). The maximum atomic E-state index is 13.1. The van der Waals surface area contributed by atoms with E-state index >= 15 is 0 Å². The highest BCUT2D eigenvalue weighted by Gasteiger charge is 2.35. The maximum absolute atomic E-state index is 13.1. The first kappa shape index (κ1) is 20.2. The van der Waals surface area contributed by atoms with E-state index in [4.69, 9.17) is 11.6 Å². The summed E-state index contributed by atoms with van der Waals surface area (Å²) in [7, 11) is 0. The molecule has 1 aromatic carbocycles. The number of carbonyl (C=O) groups is 1. The Hall–Kier alpha value is -3.43. The number of hydrogen-bond donors (Lipinski definition) is 3. The summed E-state index contributed by atoms with van der Waals surface area (Å²) < 4.78 is 1.98. The van der Waals surface area contributed by atoms with Crippen LogP contribution in [0.15, 0.2) is 43.0 Å². The van der Waals surface area contributed by atoms with Gasteiger partial charge in [0.15, 0.2) is 11.5 Å². The second-order valence-electron chi connectivity index (χ2n) is 8.72. The van der Waals surface area contributed by atoms with Crippen molar-refractivity contribution >= 4 is 34.7 Å². The molecule has 168 valence electrons. The summed E-state index contributed by atoms with van der Waals surface area (Å²) in [5.41, 5.74) is 4.63. The van der Waals surface area contributed by atoms with Gasteiger partial charge in [-0.15, -0.1) is 0 Å². The van der Waals surface area contributed by atoms with Crippen molar-refractivity contribution in [2.75, 3.05) is 18.4 Å². The van der Waals surface area contributed by atoms with E-state index in [0.717, 1.165) is 48.6 Å². The molecule has 2 aliphatic rings. The van der Waals surface area contributed by atoms with Crippen LogP contribution in [-0.2, 0) is 0 Å². The van der Waals surface area contributed by atoms with Crippen molar-refractivity contribution in [1.82, 2.24) is 34.8 Å². The summed E-state index contributed by atoms with van der Waals surface area (Å²) in [6, 6.07) is 6.20. The van der Waals surface area contributed by atoms with Crippen LogP contribution in [-0.4, -0.2) is 60.5 Å². The first-order valence-corrected chi connectivity index (χ1v) is 11.4. The Bertz CT molecular complexity index is 1340. The molecule has 0 aliphatic carbocycles. The van der Waals surface area contributed by atoms with Crippen molar-refractivity contribution in [2.45, 2.75) is 31.8 Å². The number of carbonyl (C=O) groups excluding carboxylic acids is 1. The fraction of sp³-hybridized carbons (Fsp3) is 0.304. The molecule has 5 heterocycles. The SMILES string of the molecule is Cc1cn2c(-c3cn[nH]c3)cnc2c(Nc2ccc(C(=O)N3C[C@H]4CC[C@@H](C3)N4)c(Cl)c2)n1. The van der Waals surface area contributed by atoms with Gasteiger partial charge in [-0.25, -0.2) is 9.97 Å². The van der Waals surface area contributed by atoms with E-state index in [1.54, 1.807) is 24.5 Å². The Balaban J connectivity index is 1.28. The largest absolute Gasteiger partial charge is 0.337 e. The summed E-state index contributed by atoms with van der Waals surface area (Å²) in [6.45, 7) is 3.39. The molecule has 2 saturated heterocycles. The summed E-state index contributed by atoms with van der Waals surface area (Å²) >= 11 is 6.56. The standard InChI is InChI=1S/C23H23ClN8O/c1-13-10-32-20(14-7-26-27-8-14)9-25-22(32)21(28-13)30-15-4-5-18(19(24)6-15)23(33)31-11-16-2-3-17(12-31)29-16/h4-10,16-17,29H,2-3,11-12H2,1H3,(H,26,27)(H,28,30)/t16-,17+. The summed E-state index contributed by atoms with van der Waals surface area (Å²) in [5, 5.41) is 14.1. The lowest BCUT2D eigenvalue weighted by atomic mass is 10.1. The quantitative estimate of drug-likeness (QED) is 0.429. The van der Waals surface area contributed by atoms with Crippen LogP contribution in [0.5, 0.6) is 0 Å². The van der Waals surface area contributed by atoms with E-state index < -0.39 is 0 Å². The van der Waals surface area contributed by atoms with Gasteiger partial charge in [0.1, 0.15) is 0 Å². The number of hydrogen-bond acceptors (Lipinski definition) is 6. The zero-order chi connectivity index (χ0) is 22.5. The highest BCUT2D eigenvalue weighted by atomic mass is 35.5. The van der Waals surface area contributed by atoms with Crippen molar-refractivity contribution < 1.29 is 4.79 Å². The Kier molecular flexibility index (Phi) is 4.81. The molecule has 9 nitrogen and oxygen atoms in total. The highest BCUT2D eigenvalue weighted by molar-refractivity contribution is 6.34. The Morgan fingerprint density at radius 2 is 2.03 bits per heavy atom. The van der Waals surface area contributed by atoms with Gasteiger partial charge in [-0.3, -0.25) is 14.3 Å². The van der Waals surface area contributed by atoms with E-state index in [9.17, 15) is 4.79 Å². The van der Waals surface area contributed by atoms with Crippen LogP contribution in [0.2, 0.25) is 5.02 Å². The monoisotopic (exact) mass is 462 g/mol. The predicted octanol–water partition coefficient (Wildman–Crippen LogP) is 3.40. The van der Waals surface area contributed by atoms with Crippen molar-refractivity contribution in [3.63, 3.8) is 0 Å². The second kappa shape index (κ2) is 7.86. The molecule has 0 unspecified atom stereocenters. The Labute approximate surface area is 195 Å². The number of rotatable bonds is 4. The smallest absolute Gasteiger partial charge is 0.255 e. The van der Waals surface area contributed by atoms with Crippen LogP contribution in [0, 0.1) is 6.92 Å². The molecule has 33 heavy (non-hydrogen) atoms. The minimum absolute atomic E-state index is 0.0148. The lowest BCUT2D eigenvalue weighted by Crippen LogP contribution is -2.53. The number of anilines is 2. The van der Waals surface area contributed by atoms with Crippen molar-refractivity contribution in [3.8, 4) is 11.3 Å². The molecule has 2 aliphatic heterocycles. The molecular formula is C23H23ClN8O. The predicted molar refractivity (Wildman–Crippen MR) is 126 cm³/mol. The van der Waals surface area contributed by atoms with Crippen molar-refractivity contribution in [1.29, 1.82) is 0 Å². The molecule has 1 amide bonds. The van der Waals surface area contributed by atoms with Crippen molar-refractivity contribution in [3.05, 3.63) is 59.3 Å². The van der Waals surface area contributed by atoms with Crippen LogP contribution in [0.4, 0.5) is 11.5 Å². The number of aromatic amines is 1. The third-order valence-corrected chi connectivity index (χ3v) is 6.69. The molecule has 2 atom stereocenters. The number of H-pyrrole nitrogens is 1. The first-order chi connectivity index (χ1) is 16.0. The lowest BCUT2D eigenvalue weighted by Gasteiger charge is -2.33. The number of imidazole rings is 1. The molecule has 10 heteroatoms. The Morgan fingerprint density at radius 1 is 1.21 bits per heavy atom. The average molecular weight is 463 g/mol. The number of nitrogens with zero attached hydrogens (tertiary/aromatic N) is 5. The molecular weight excluding hydrogens is 440 g/mol. The van der Waals surface area contributed by atoms with Gasteiger partial charge in [-0.2, -0.15) is 5.10 Å². The normalized spacial score (nSPS) is 19.9. The van der Waals surface area contributed by atoms with Crippen LogP contribution < -0.4 is 10.6 Å².